The van der Waals surface area contributed by atoms with Crippen molar-refractivity contribution in [3.8, 4) is 17.2 Å². The molecule has 0 radical (unpaired) electrons. The SMILES string of the molecule is CCOc1cc(/C=C2\C(=O)NC(=O)N(c3ccc(OCc4ccccc4Cl)cc3)C2=O)ccc1OCc1ccc(Cl)c(Cl)c1. The first kappa shape index (κ1) is 30.9. The Morgan fingerprint density at radius 1 is 0.750 bits per heavy atom. The van der Waals surface area contributed by atoms with Crippen molar-refractivity contribution in [3.05, 3.63) is 122 Å². The Kier molecular flexibility index (Phi) is 9.75. The molecule has 0 spiro atoms. The molecule has 0 bridgehead atoms. The van der Waals surface area contributed by atoms with E-state index in [9.17, 15) is 14.4 Å². The van der Waals surface area contributed by atoms with Crippen molar-refractivity contribution in [2.75, 3.05) is 11.5 Å². The van der Waals surface area contributed by atoms with Crippen molar-refractivity contribution in [3.63, 3.8) is 0 Å². The normalized spacial score (nSPS) is 14.0. The maximum absolute atomic E-state index is 13.4. The topological polar surface area (TPSA) is 94.2 Å². The number of anilines is 1. The van der Waals surface area contributed by atoms with Crippen LogP contribution in [-0.4, -0.2) is 24.5 Å². The minimum Gasteiger partial charge on any atom is -0.490 e. The molecule has 0 saturated carbocycles. The standard InChI is InChI=1S/C33H25Cl3N2O6/c1-2-42-30-17-20(8-14-29(30)44-18-21-7-13-27(35)28(36)16-21)15-25-31(39)37-33(41)38(32(25)40)23-9-11-24(12-10-23)43-19-22-5-3-4-6-26(22)34/h3-17H,2,18-19H2,1H3,(H,37,39,41)/b25-15+. The Hall–Kier alpha value is -4.50. The molecule has 224 valence electrons. The highest BCUT2D eigenvalue weighted by molar-refractivity contribution is 6.42. The minimum absolute atomic E-state index is 0.208. The maximum atomic E-state index is 13.4. The van der Waals surface area contributed by atoms with Crippen molar-refractivity contribution >= 4 is 64.4 Å². The molecule has 1 heterocycles. The van der Waals surface area contributed by atoms with Crippen LogP contribution in [0.1, 0.15) is 23.6 Å². The fourth-order valence-corrected chi connectivity index (χ4v) is 4.83. The first-order valence-electron chi connectivity index (χ1n) is 13.4. The van der Waals surface area contributed by atoms with Crippen LogP contribution < -0.4 is 24.4 Å². The molecule has 1 aliphatic rings. The lowest BCUT2D eigenvalue weighted by molar-refractivity contribution is -0.122. The van der Waals surface area contributed by atoms with Crippen LogP contribution in [0.4, 0.5) is 10.5 Å². The number of hydrogen-bond acceptors (Lipinski definition) is 6. The predicted molar refractivity (Wildman–Crippen MR) is 170 cm³/mol. The summed E-state index contributed by atoms with van der Waals surface area (Å²) in [6.45, 7) is 2.62. The molecule has 5 rings (SSSR count). The maximum Gasteiger partial charge on any atom is 0.335 e. The zero-order valence-corrected chi connectivity index (χ0v) is 25.6. The van der Waals surface area contributed by atoms with Gasteiger partial charge in [0.25, 0.3) is 11.8 Å². The van der Waals surface area contributed by atoms with Crippen LogP contribution in [0.15, 0.2) is 90.5 Å². The van der Waals surface area contributed by atoms with Crippen LogP contribution in [0.25, 0.3) is 6.08 Å². The van der Waals surface area contributed by atoms with Crippen molar-refractivity contribution in [2.45, 2.75) is 20.1 Å². The number of barbiturate groups is 1. The summed E-state index contributed by atoms with van der Waals surface area (Å²) in [5, 5.41) is 3.68. The molecule has 8 nitrogen and oxygen atoms in total. The van der Waals surface area contributed by atoms with E-state index in [1.54, 1.807) is 66.7 Å². The lowest BCUT2D eigenvalue weighted by Gasteiger charge is -2.26. The molecule has 1 fully saturated rings. The van der Waals surface area contributed by atoms with Crippen molar-refractivity contribution in [2.24, 2.45) is 0 Å². The number of amides is 4. The molecule has 1 N–H and O–H groups in total. The van der Waals surface area contributed by atoms with Crippen LogP contribution in [0.2, 0.25) is 15.1 Å². The van der Waals surface area contributed by atoms with Crippen molar-refractivity contribution in [1.82, 2.24) is 5.32 Å². The number of hydrogen-bond donors (Lipinski definition) is 1. The second-order valence-electron chi connectivity index (χ2n) is 9.51. The molecular formula is C33H25Cl3N2O6. The lowest BCUT2D eigenvalue weighted by Crippen LogP contribution is -2.54. The third-order valence-electron chi connectivity index (χ3n) is 6.51. The van der Waals surface area contributed by atoms with Crippen LogP contribution in [0.5, 0.6) is 17.2 Å². The highest BCUT2D eigenvalue weighted by atomic mass is 35.5. The third kappa shape index (κ3) is 7.17. The molecule has 4 amide bonds. The van der Waals surface area contributed by atoms with E-state index in [4.69, 9.17) is 49.0 Å². The Labute approximate surface area is 268 Å². The predicted octanol–water partition coefficient (Wildman–Crippen LogP) is 7.87. The number of carbonyl (C=O) groups excluding carboxylic acids is 3. The Bertz CT molecular complexity index is 1760. The van der Waals surface area contributed by atoms with Gasteiger partial charge in [0.05, 0.1) is 22.3 Å². The average molecular weight is 652 g/mol. The van der Waals surface area contributed by atoms with Gasteiger partial charge in [0.15, 0.2) is 11.5 Å². The summed E-state index contributed by atoms with van der Waals surface area (Å²) in [5.41, 5.74) is 2.15. The smallest absolute Gasteiger partial charge is 0.335 e. The van der Waals surface area contributed by atoms with E-state index in [2.05, 4.69) is 5.32 Å². The number of urea groups is 1. The van der Waals surface area contributed by atoms with Crippen molar-refractivity contribution < 1.29 is 28.6 Å². The Balaban J connectivity index is 1.33. The largest absolute Gasteiger partial charge is 0.490 e. The summed E-state index contributed by atoms with van der Waals surface area (Å²) >= 11 is 18.3. The number of halogens is 3. The van der Waals surface area contributed by atoms with Crippen LogP contribution in [0.3, 0.4) is 0 Å². The van der Waals surface area contributed by atoms with Crippen LogP contribution >= 0.6 is 34.8 Å². The van der Waals surface area contributed by atoms with Crippen molar-refractivity contribution in [1.29, 1.82) is 0 Å². The quantitative estimate of drug-likeness (QED) is 0.139. The van der Waals surface area contributed by atoms with Gasteiger partial charge >= 0.3 is 6.03 Å². The molecule has 44 heavy (non-hydrogen) atoms. The van der Waals surface area contributed by atoms with Gasteiger partial charge in [-0.05, 0) is 78.7 Å². The zero-order valence-electron chi connectivity index (χ0n) is 23.3. The van der Waals surface area contributed by atoms with E-state index in [1.807, 2.05) is 25.1 Å². The van der Waals surface area contributed by atoms with Gasteiger partial charge in [0.1, 0.15) is 24.5 Å². The van der Waals surface area contributed by atoms with E-state index in [0.717, 1.165) is 16.0 Å². The molecule has 4 aromatic rings. The Morgan fingerprint density at radius 3 is 2.25 bits per heavy atom. The number of rotatable bonds is 10. The molecular weight excluding hydrogens is 627 g/mol. The number of imide groups is 2. The van der Waals surface area contributed by atoms with E-state index in [0.29, 0.717) is 44.5 Å². The number of nitrogens with one attached hydrogen (secondary N) is 1. The van der Waals surface area contributed by atoms with E-state index in [1.165, 1.54) is 6.08 Å². The van der Waals surface area contributed by atoms with Gasteiger partial charge in [-0.25, -0.2) is 9.69 Å². The first-order chi connectivity index (χ1) is 21.2. The first-order valence-corrected chi connectivity index (χ1v) is 14.6. The van der Waals surface area contributed by atoms with Crippen LogP contribution in [-0.2, 0) is 22.8 Å². The summed E-state index contributed by atoms with van der Waals surface area (Å²) in [5.74, 6) is -0.218. The monoisotopic (exact) mass is 650 g/mol. The van der Waals surface area contributed by atoms with Gasteiger partial charge in [0, 0.05) is 10.6 Å². The zero-order chi connectivity index (χ0) is 31.2. The number of carbonyl (C=O) groups is 3. The molecule has 0 unspecified atom stereocenters. The summed E-state index contributed by atoms with van der Waals surface area (Å²) < 4.78 is 17.5. The highest BCUT2D eigenvalue weighted by Crippen LogP contribution is 2.32. The van der Waals surface area contributed by atoms with Gasteiger partial charge < -0.3 is 14.2 Å². The summed E-state index contributed by atoms with van der Waals surface area (Å²) in [6, 6.07) is 23.0. The summed E-state index contributed by atoms with van der Waals surface area (Å²) in [7, 11) is 0. The van der Waals surface area contributed by atoms with Gasteiger partial charge in [0.2, 0.25) is 0 Å². The fourth-order valence-electron chi connectivity index (χ4n) is 4.32. The fraction of sp³-hybridized carbons (Fsp3) is 0.121. The second-order valence-corrected chi connectivity index (χ2v) is 10.7. The Morgan fingerprint density at radius 2 is 1.52 bits per heavy atom. The van der Waals surface area contributed by atoms with E-state index >= 15 is 0 Å². The summed E-state index contributed by atoms with van der Waals surface area (Å²) in [4.78, 5) is 39.8. The molecule has 0 atom stereocenters. The van der Waals surface area contributed by atoms with E-state index < -0.39 is 17.8 Å². The van der Waals surface area contributed by atoms with Gasteiger partial charge in [-0.2, -0.15) is 0 Å². The molecule has 1 saturated heterocycles. The lowest BCUT2D eigenvalue weighted by atomic mass is 10.1. The molecule has 4 aromatic carbocycles. The molecule has 0 aromatic heterocycles. The van der Waals surface area contributed by atoms with Crippen LogP contribution in [0, 0.1) is 0 Å². The number of ether oxygens (including phenoxy) is 3. The van der Waals surface area contributed by atoms with Gasteiger partial charge in [-0.1, -0.05) is 65.1 Å². The third-order valence-corrected chi connectivity index (χ3v) is 7.61. The number of nitrogens with zero attached hydrogens (tertiary/aromatic N) is 1. The average Bonchev–Trinajstić information content (AvgIpc) is 3.01. The molecule has 11 heteroatoms. The summed E-state index contributed by atoms with van der Waals surface area (Å²) in [6.07, 6.45) is 1.39. The molecule has 1 aliphatic heterocycles. The van der Waals surface area contributed by atoms with Gasteiger partial charge in [-0.15, -0.1) is 0 Å². The minimum atomic E-state index is -0.858. The second kappa shape index (κ2) is 13.9. The number of benzene rings is 4. The van der Waals surface area contributed by atoms with E-state index in [-0.39, 0.29) is 24.5 Å². The highest BCUT2D eigenvalue weighted by Gasteiger charge is 2.36. The van der Waals surface area contributed by atoms with Gasteiger partial charge in [-0.3, -0.25) is 14.9 Å². The molecule has 0 aliphatic carbocycles.